The van der Waals surface area contributed by atoms with E-state index >= 15 is 0 Å². The highest BCUT2D eigenvalue weighted by atomic mass is 16.5. The summed E-state index contributed by atoms with van der Waals surface area (Å²) in [6.45, 7) is 7.10. The summed E-state index contributed by atoms with van der Waals surface area (Å²) in [6, 6.07) is 15.1. The number of fused-ring (bicyclic) bond motifs is 1. The topological polar surface area (TPSA) is 61.9 Å². The summed E-state index contributed by atoms with van der Waals surface area (Å²) in [4.78, 5) is 29.8. The predicted octanol–water partition coefficient (Wildman–Crippen LogP) is 2.55. The minimum atomic E-state index is -0.813. The summed E-state index contributed by atoms with van der Waals surface area (Å²) in [5, 5.41) is 2.98. The molecule has 2 aromatic carbocycles. The highest BCUT2D eigenvalue weighted by Crippen LogP contribution is 2.28. The quantitative estimate of drug-likeness (QED) is 0.828. The molecule has 6 nitrogen and oxygen atoms in total. The molecule has 6 heteroatoms. The maximum atomic E-state index is 12.8. The van der Waals surface area contributed by atoms with Crippen LogP contribution >= 0.6 is 0 Å². The summed E-state index contributed by atoms with van der Waals surface area (Å²) in [6.07, 6.45) is -0.419. The number of esters is 1. The molecule has 1 atom stereocenters. The molecule has 2 aromatic rings. The van der Waals surface area contributed by atoms with Gasteiger partial charge in [-0.3, -0.25) is 4.79 Å². The van der Waals surface area contributed by atoms with Gasteiger partial charge in [0.15, 0.2) is 6.10 Å². The molecule has 2 aliphatic heterocycles. The van der Waals surface area contributed by atoms with Crippen molar-refractivity contribution in [1.82, 2.24) is 4.90 Å². The number of rotatable bonds is 4. The molecule has 0 saturated carbocycles. The van der Waals surface area contributed by atoms with Crippen molar-refractivity contribution in [3.05, 3.63) is 59.7 Å². The van der Waals surface area contributed by atoms with Crippen molar-refractivity contribution in [2.75, 3.05) is 42.9 Å². The van der Waals surface area contributed by atoms with Crippen LogP contribution in [0.2, 0.25) is 0 Å². The average molecular weight is 379 g/mol. The third-order valence-electron chi connectivity index (χ3n) is 5.51. The molecule has 4 rings (SSSR count). The number of nitrogens with zero attached hydrogens (tertiary/aromatic N) is 2. The number of amides is 1. The smallest absolute Gasteiger partial charge is 0.339 e. The van der Waals surface area contributed by atoms with E-state index in [0.717, 1.165) is 49.7 Å². The van der Waals surface area contributed by atoms with Crippen LogP contribution in [0.4, 0.5) is 11.4 Å². The third kappa shape index (κ3) is 3.73. The molecule has 1 N–H and O–H groups in total. The van der Waals surface area contributed by atoms with Gasteiger partial charge in [-0.2, -0.15) is 0 Å². The standard InChI is InChI=1S/C22H25N3O3/c1-2-24-11-13-25(14-12-24)19-10-6-5-9-18(19)23-21(26)20-15-16-7-3-4-8-17(16)22(27)28-20/h3-10,20H,2,11-15H2,1H3,(H,23,26). The molecule has 1 fully saturated rings. The zero-order valence-electron chi connectivity index (χ0n) is 16.1. The number of benzene rings is 2. The summed E-state index contributed by atoms with van der Waals surface area (Å²) >= 11 is 0. The molecule has 0 aliphatic carbocycles. The lowest BCUT2D eigenvalue weighted by Gasteiger charge is -2.36. The second-order valence-electron chi connectivity index (χ2n) is 7.18. The first-order valence-corrected chi connectivity index (χ1v) is 9.82. The van der Waals surface area contributed by atoms with E-state index in [1.807, 2.05) is 36.4 Å². The molecule has 28 heavy (non-hydrogen) atoms. The Morgan fingerprint density at radius 1 is 1.07 bits per heavy atom. The van der Waals surface area contributed by atoms with Gasteiger partial charge in [0.1, 0.15) is 0 Å². The van der Waals surface area contributed by atoms with E-state index in [-0.39, 0.29) is 5.91 Å². The minimum absolute atomic E-state index is 0.289. The number of hydrogen-bond donors (Lipinski definition) is 1. The van der Waals surface area contributed by atoms with Crippen LogP contribution in [0.1, 0.15) is 22.8 Å². The fraction of sp³-hybridized carbons (Fsp3) is 0.364. The van der Waals surface area contributed by atoms with E-state index in [0.29, 0.717) is 12.0 Å². The molecule has 146 valence electrons. The average Bonchev–Trinajstić information content (AvgIpc) is 2.74. The number of piperazine rings is 1. The van der Waals surface area contributed by atoms with Crippen molar-refractivity contribution < 1.29 is 14.3 Å². The van der Waals surface area contributed by atoms with Crippen molar-refractivity contribution >= 4 is 23.3 Å². The number of likely N-dealkylation sites (N-methyl/N-ethyl adjacent to an activating group) is 1. The number of carbonyl (C=O) groups excluding carboxylic acids is 2. The van der Waals surface area contributed by atoms with E-state index in [4.69, 9.17) is 4.74 Å². The number of anilines is 2. The number of hydrogen-bond acceptors (Lipinski definition) is 5. The molecule has 1 amide bonds. The van der Waals surface area contributed by atoms with Crippen LogP contribution in [-0.4, -0.2) is 55.6 Å². The SMILES string of the molecule is CCN1CCN(c2ccccc2NC(=O)C2Cc3ccccc3C(=O)O2)CC1. The molecule has 1 unspecified atom stereocenters. The first kappa shape index (κ1) is 18.5. The fourth-order valence-electron chi connectivity index (χ4n) is 3.85. The first-order chi connectivity index (χ1) is 13.7. The van der Waals surface area contributed by atoms with Crippen LogP contribution in [0.25, 0.3) is 0 Å². The highest BCUT2D eigenvalue weighted by Gasteiger charge is 2.31. The van der Waals surface area contributed by atoms with Crippen LogP contribution in [0.15, 0.2) is 48.5 Å². The van der Waals surface area contributed by atoms with Crippen molar-refractivity contribution in [2.45, 2.75) is 19.4 Å². The van der Waals surface area contributed by atoms with Crippen molar-refractivity contribution in [2.24, 2.45) is 0 Å². The van der Waals surface area contributed by atoms with Gasteiger partial charge in [0.25, 0.3) is 5.91 Å². The van der Waals surface area contributed by atoms with Gasteiger partial charge < -0.3 is 19.9 Å². The van der Waals surface area contributed by atoms with Crippen LogP contribution in [0.3, 0.4) is 0 Å². The van der Waals surface area contributed by atoms with Crippen molar-refractivity contribution in [1.29, 1.82) is 0 Å². The van der Waals surface area contributed by atoms with E-state index in [2.05, 4.69) is 22.0 Å². The lowest BCUT2D eigenvalue weighted by Crippen LogP contribution is -2.46. The largest absolute Gasteiger partial charge is 0.448 e. The van der Waals surface area contributed by atoms with Gasteiger partial charge in [-0.1, -0.05) is 37.3 Å². The van der Waals surface area contributed by atoms with Gasteiger partial charge in [0.05, 0.1) is 16.9 Å². The van der Waals surface area contributed by atoms with E-state index in [9.17, 15) is 9.59 Å². The van der Waals surface area contributed by atoms with Gasteiger partial charge >= 0.3 is 5.97 Å². The molecule has 0 bridgehead atoms. The molecule has 2 heterocycles. The fourth-order valence-corrected chi connectivity index (χ4v) is 3.85. The second kappa shape index (κ2) is 8.02. The van der Waals surface area contributed by atoms with Crippen LogP contribution < -0.4 is 10.2 Å². The van der Waals surface area contributed by atoms with E-state index in [1.54, 1.807) is 12.1 Å². The lowest BCUT2D eigenvalue weighted by atomic mass is 9.98. The summed E-state index contributed by atoms with van der Waals surface area (Å²) in [5.41, 5.74) is 3.16. The molecular formula is C22H25N3O3. The lowest BCUT2D eigenvalue weighted by molar-refractivity contribution is -0.125. The molecule has 0 aromatic heterocycles. The van der Waals surface area contributed by atoms with Gasteiger partial charge in [-0.15, -0.1) is 0 Å². The Morgan fingerprint density at radius 2 is 1.79 bits per heavy atom. The first-order valence-electron chi connectivity index (χ1n) is 9.82. The number of para-hydroxylation sites is 2. The Morgan fingerprint density at radius 3 is 2.57 bits per heavy atom. The Bertz CT molecular complexity index is 875. The van der Waals surface area contributed by atoms with Crippen molar-refractivity contribution in [3.63, 3.8) is 0 Å². The third-order valence-corrected chi connectivity index (χ3v) is 5.51. The monoisotopic (exact) mass is 379 g/mol. The Balaban J connectivity index is 1.48. The molecule has 2 aliphatic rings. The zero-order valence-corrected chi connectivity index (χ0v) is 16.1. The molecule has 0 spiro atoms. The molecular weight excluding hydrogens is 354 g/mol. The number of nitrogens with one attached hydrogen (secondary N) is 1. The molecule has 1 saturated heterocycles. The molecule has 0 radical (unpaired) electrons. The number of cyclic esters (lactones) is 1. The van der Waals surface area contributed by atoms with Crippen molar-refractivity contribution in [3.8, 4) is 0 Å². The van der Waals surface area contributed by atoms with Gasteiger partial charge in [0.2, 0.25) is 0 Å². The highest BCUT2D eigenvalue weighted by molar-refractivity contribution is 6.01. The second-order valence-corrected chi connectivity index (χ2v) is 7.18. The summed E-state index contributed by atoms with van der Waals surface area (Å²) in [5.74, 6) is -0.728. The Kier molecular flexibility index (Phi) is 5.30. The van der Waals surface area contributed by atoms with Gasteiger partial charge in [-0.05, 0) is 30.3 Å². The maximum Gasteiger partial charge on any atom is 0.339 e. The van der Waals surface area contributed by atoms with E-state index < -0.39 is 12.1 Å². The zero-order chi connectivity index (χ0) is 19.5. The van der Waals surface area contributed by atoms with Crippen LogP contribution in [-0.2, 0) is 16.0 Å². The maximum absolute atomic E-state index is 12.8. The predicted molar refractivity (Wildman–Crippen MR) is 109 cm³/mol. The number of carbonyl (C=O) groups is 2. The van der Waals surface area contributed by atoms with Crippen LogP contribution in [0.5, 0.6) is 0 Å². The van der Waals surface area contributed by atoms with Gasteiger partial charge in [0, 0.05) is 32.6 Å². The summed E-state index contributed by atoms with van der Waals surface area (Å²) < 4.78 is 5.39. The van der Waals surface area contributed by atoms with E-state index in [1.165, 1.54) is 0 Å². The van der Waals surface area contributed by atoms with Gasteiger partial charge in [-0.25, -0.2) is 4.79 Å². The minimum Gasteiger partial charge on any atom is -0.448 e. The van der Waals surface area contributed by atoms with Crippen LogP contribution in [0, 0.1) is 0 Å². The Labute approximate surface area is 165 Å². The normalized spacial score (nSPS) is 19.7. The number of ether oxygens (including phenoxy) is 1. The Hall–Kier alpha value is -2.86. The summed E-state index contributed by atoms with van der Waals surface area (Å²) in [7, 11) is 0.